The first-order valence-corrected chi connectivity index (χ1v) is 11.7. The molecule has 0 unspecified atom stereocenters. The smallest absolute Gasteiger partial charge is 0.246 e. The second-order valence-corrected chi connectivity index (χ2v) is 10.3. The van der Waals surface area contributed by atoms with E-state index in [0.717, 1.165) is 11.3 Å². The van der Waals surface area contributed by atoms with Crippen LogP contribution >= 0.6 is 0 Å². The number of nitrogens with zero attached hydrogens (tertiary/aromatic N) is 6. The van der Waals surface area contributed by atoms with Gasteiger partial charge < -0.3 is 0 Å². The summed E-state index contributed by atoms with van der Waals surface area (Å²) in [5.74, 6) is 1.21. The van der Waals surface area contributed by atoms with E-state index < -0.39 is 10.0 Å². The fourth-order valence-corrected chi connectivity index (χ4v) is 5.81. The van der Waals surface area contributed by atoms with Gasteiger partial charge in [0.25, 0.3) is 0 Å². The van der Waals surface area contributed by atoms with E-state index in [2.05, 4.69) is 15.1 Å². The molecule has 0 saturated carbocycles. The zero-order valence-electron chi connectivity index (χ0n) is 18.1. The van der Waals surface area contributed by atoms with Crippen molar-refractivity contribution in [3.63, 3.8) is 0 Å². The lowest BCUT2D eigenvalue weighted by atomic mass is 10.0. The Hall–Kier alpha value is -2.33. The summed E-state index contributed by atoms with van der Waals surface area (Å²) in [6.45, 7) is 8.32. The third-order valence-electron chi connectivity index (χ3n) is 6.02. The Morgan fingerprint density at radius 2 is 1.87 bits per heavy atom. The molecular formula is C20H28N6O3S. The van der Waals surface area contributed by atoms with Crippen molar-refractivity contribution in [1.29, 1.82) is 0 Å². The molecule has 162 valence electrons. The lowest BCUT2D eigenvalue weighted by Gasteiger charge is -2.26. The van der Waals surface area contributed by atoms with Crippen molar-refractivity contribution >= 4 is 21.7 Å². The second-order valence-electron chi connectivity index (χ2n) is 8.42. The van der Waals surface area contributed by atoms with Crippen molar-refractivity contribution in [2.24, 2.45) is 0 Å². The Morgan fingerprint density at radius 1 is 1.13 bits per heavy atom. The van der Waals surface area contributed by atoms with Crippen LogP contribution in [0.4, 0.5) is 5.82 Å². The molecule has 0 N–H and O–H groups in total. The Kier molecular flexibility index (Phi) is 5.17. The third-order valence-corrected chi connectivity index (χ3v) is 7.99. The minimum atomic E-state index is -3.64. The van der Waals surface area contributed by atoms with Gasteiger partial charge in [-0.25, -0.2) is 18.4 Å². The summed E-state index contributed by atoms with van der Waals surface area (Å²) in [6, 6.07) is 0.0885. The SMILES string of the molecule is Cc1nn(C(C)C)cc1S(=O)(=O)N1CC[C@@H](c2nc(C)c3c(n2)N(C)C(=O)CC3)C1. The fourth-order valence-electron chi connectivity index (χ4n) is 4.15. The topological polar surface area (TPSA) is 101 Å². The van der Waals surface area contributed by atoms with Crippen LogP contribution in [-0.4, -0.2) is 58.5 Å². The fraction of sp³-hybridized carbons (Fsp3) is 0.600. The van der Waals surface area contributed by atoms with Gasteiger partial charge in [-0.1, -0.05) is 0 Å². The van der Waals surface area contributed by atoms with Crippen LogP contribution in [0.15, 0.2) is 11.1 Å². The van der Waals surface area contributed by atoms with E-state index in [-0.39, 0.29) is 22.8 Å². The zero-order valence-corrected chi connectivity index (χ0v) is 18.9. The van der Waals surface area contributed by atoms with Crippen LogP contribution in [0.25, 0.3) is 0 Å². The summed E-state index contributed by atoms with van der Waals surface area (Å²) in [7, 11) is -1.91. The van der Waals surface area contributed by atoms with Gasteiger partial charge in [0.05, 0.1) is 5.69 Å². The minimum absolute atomic E-state index is 0.0415. The zero-order chi connectivity index (χ0) is 21.8. The van der Waals surface area contributed by atoms with Crippen LogP contribution in [0.2, 0.25) is 0 Å². The molecule has 0 aliphatic carbocycles. The predicted molar refractivity (Wildman–Crippen MR) is 112 cm³/mol. The summed E-state index contributed by atoms with van der Waals surface area (Å²) < 4.78 is 29.7. The average molecular weight is 433 g/mol. The Labute approximate surface area is 177 Å². The maximum absolute atomic E-state index is 13.2. The molecule has 1 amide bonds. The number of carbonyl (C=O) groups is 1. The van der Waals surface area contributed by atoms with Crippen molar-refractivity contribution in [1.82, 2.24) is 24.1 Å². The van der Waals surface area contributed by atoms with Gasteiger partial charge in [0.2, 0.25) is 15.9 Å². The van der Waals surface area contributed by atoms with Gasteiger partial charge in [-0.15, -0.1) is 0 Å². The number of anilines is 1. The van der Waals surface area contributed by atoms with Crippen LogP contribution in [0.3, 0.4) is 0 Å². The van der Waals surface area contributed by atoms with Crippen LogP contribution in [0.5, 0.6) is 0 Å². The van der Waals surface area contributed by atoms with E-state index in [9.17, 15) is 13.2 Å². The highest BCUT2D eigenvalue weighted by molar-refractivity contribution is 7.89. The Morgan fingerprint density at radius 3 is 2.53 bits per heavy atom. The van der Waals surface area contributed by atoms with Crippen molar-refractivity contribution < 1.29 is 13.2 Å². The van der Waals surface area contributed by atoms with Gasteiger partial charge >= 0.3 is 0 Å². The van der Waals surface area contributed by atoms with E-state index in [4.69, 9.17) is 0 Å². The lowest BCUT2D eigenvalue weighted by Crippen LogP contribution is -2.33. The molecule has 4 heterocycles. The Bertz CT molecular complexity index is 1110. The van der Waals surface area contributed by atoms with Crippen molar-refractivity contribution in [2.45, 2.75) is 63.8 Å². The molecule has 4 rings (SSSR count). The molecule has 1 fully saturated rings. The molecule has 9 nitrogen and oxygen atoms in total. The number of aromatic nitrogens is 4. The maximum Gasteiger partial charge on any atom is 0.246 e. The van der Waals surface area contributed by atoms with E-state index >= 15 is 0 Å². The highest BCUT2D eigenvalue weighted by atomic mass is 32.2. The van der Waals surface area contributed by atoms with Gasteiger partial charge in [0, 0.05) is 56.0 Å². The van der Waals surface area contributed by atoms with Crippen molar-refractivity contribution in [3.05, 3.63) is 29.0 Å². The molecule has 1 saturated heterocycles. The molecule has 0 spiro atoms. The first kappa shape index (κ1) is 20.9. The second kappa shape index (κ2) is 7.42. The molecule has 0 bridgehead atoms. The summed E-state index contributed by atoms with van der Waals surface area (Å²) >= 11 is 0. The summed E-state index contributed by atoms with van der Waals surface area (Å²) in [6.07, 6.45) is 3.37. The van der Waals surface area contributed by atoms with Crippen LogP contribution < -0.4 is 4.90 Å². The van der Waals surface area contributed by atoms with Gasteiger partial charge in [-0.2, -0.15) is 9.40 Å². The molecular weight excluding hydrogens is 404 g/mol. The monoisotopic (exact) mass is 432 g/mol. The number of hydrogen-bond acceptors (Lipinski definition) is 6. The summed E-state index contributed by atoms with van der Waals surface area (Å²) in [4.78, 5) is 23.3. The van der Waals surface area contributed by atoms with Crippen LogP contribution in [-0.2, 0) is 21.2 Å². The van der Waals surface area contributed by atoms with E-state index in [1.165, 1.54) is 4.31 Å². The van der Waals surface area contributed by atoms with Gasteiger partial charge in [0.15, 0.2) is 0 Å². The quantitative estimate of drug-likeness (QED) is 0.732. The predicted octanol–water partition coefficient (Wildman–Crippen LogP) is 1.96. The maximum atomic E-state index is 13.2. The normalized spacial score (nSPS) is 20.3. The number of hydrogen-bond donors (Lipinski definition) is 0. The molecule has 30 heavy (non-hydrogen) atoms. The minimum Gasteiger partial charge on any atom is -0.300 e. The van der Waals surface area contributed by atoms with Crippen molar-refractivity contribution in [3.8, 4) is 0 Å². The van der Waals surface area contributed by atoms with Gasteiger partial charge in [0.1, 0.15) is 16.5 Å². The highest BCUT2D eigenvalue weighted by Gasteiger charge is 2.37. The number of carbonyl (C=O) groups excluding carboxylic acids is 1. The first-order chi connectivity index (χ1) is 14.1. The molecule has 0 aromatic carbocycles. The first-order valence-electron chi connectivity index (χ1n) is 10.3. The molecule has 1 atom stereocenters. The van der Waals surface area contributed by atoms with Crippen LogP contribution in [0, 0.1) is 13.8 Å². The standard InChI is InChI=1S/C20H28N6O3S/c1-12(2)26-11-17(14(4)23-26)30(28,29)25-9-8-15(10-25)19-21-13(3)16-6-7-18(27)24(5)20(16)22-19/h11-12,15H,6-10H2,1-5H3/t15-/m1/s1. The molecule has 2 aromatic heterocycles. The molecule has 2 aromatic rings. The average Bonchev–Trinajstić information content (AvgIpc) is 3.32. The molecule has 2 aliphatic rings. The number of rotatable bonds is 4. The van der Waals surface area contributed by atoms with E-state index in [1.807, 2.05) is 20.8 Å². The largest absolute Gasteiger partial charge is 0.300 e. The van der Waals surface area contributed by atoms with E-state index in [0.29, 0.717) is 49.7 Å². The third kappa shape index (κ3) is 3.41. The summed E-state index contributed by atoms with van der Waals surface area (Å²) in [5, 5.41) is 4.35. The van der Waals surface area contributed by atoms with Crippen LogP contribution in [0.1, 0.15) is 61.4 Å². The van der Waals surface area contributed by atoms with Gasteiger partial charge in [-0.05, 0) is 40.5 Å². The summed E-state index contributed by atoms with van der Waals surface area (Å²) in [5.41, 5.74) is 2.37. The number of sulfonamides is 1. The lowest BCUT2D eigenvalue weighted by molar-refractivity contribution is -0.118. The molecule has 10 heteroatoms. The number of aryl methyl sites for hydroxylation is 2. The highest BCUT2D eigenvalue weighted by Crippen LogP contribution is 2.34. The van der Waals surface area contributed by atoms with E-state index in [1.54, 1.807) is 29.7 Å². The Balaban J connectivity index is 1.61. The number of amides is 1. The molecule has 0 radical (unpaired) electrons. The number of fused-ring (bicyclic) bond motifs is 1. The van der Waals surface area contributed by atoms with Gasteiger partial charge in [-0.3, -0.25) is 14.4 Å². The van der Waals surface area contributed by atoms with Crippen molar-refractivity contribution in [2.75, 3.05) is 25.0 Å². The molecule has 2 aliphatic heterocycles.